The van der Waals surface area contributed by atoms with Gasteiger partial charge in [0.1, 0.15) is 0 Å². The molecule has 0 saturated heterocycles. The van der Waals surface area contributed by atoms with Gasteiger partial charge in [-0.3, -0.25) is 0 Å². The zero-order valence-electron chi connectivity index (χ0n) is 11.9. The van der Waals surface area contributed by atoms with Crippen LogP contribution >= 0.6 is 0 Å². The van der Waals surface area contributed by atoms with Gasteiger partial charge >= 0.3 is 0 Å². The molecule has 17 heavy (non-hydrogen) atoms. The summed E-state index contributed by atoms with van der Waals surface area (Å²) in [6.45, 7) is 11.9. The van der Waals surface area contributed by atoms with Gasteiger partial charge in [0.2, 0.25) is 0 Å². The fourth-order valence-corrected chi connectivity index (χ4v) is 1.40. The summed E-state index contributed by atoms with van der Waals surface area (Å²) >= 11 is 0. The Morgan fingerprint density at radius 3 is 2.53 bits per heavy atom. The molecule has 0 aromatic heterocycles. The summed E-state index contributed by atoms with van der Waals surface area (Å²) in [5.41, 5.74) is -0.185. The Balaban J connectivity index is 3.17. The molecule has 0 unspecified atom stereocenters. The second-order valence-electron chi connectivity index (χ2n) is 5.64. The molecule has 0 atom stereocenters. The van der Waals surface area contributed by atoms with Gasteiger partial charge in [-0.2, -0.15) is 5.26 Å². The summed E-state index contributed by atoms with van der Waals surface area (Å²) in [5, 5.41) is 12.2. The summed E-state index contributed by atoms with van der Waals surface area (Å²) in [5.74, 6) is 0.719. The molecule has 0 heterocycles. The molecule has 0 aliphatic heterocycles. The maximum Gasteiger partial charge on any atom is 0.0683 e. The molecule has 0 aliphatic rings. The third-order valence-electron chi connectivity index (χ3n) is 2.72. The highest BCUT2D eigenvalue weighted by Crippen LogP contribution is 2.19. The Bertz CT molecular complexity index is 219. The number of rotatable bonds is 10. The van der Waals surface area contributed by atoms with Crippen LogP contribution in [0, 0.1) is 22.7 Å². The highest BCUT2D eigenvalue weighted by Gasteiger charge is 2.14. The number of nitrogens with zero attached hydrogens (tertiary/aromatic N) is 1. The topological polar surface area (TPSA) is 45.0 Å². The molecule has 0 bridgehead atoms. The van der Waals surface area contributed by atoms with Crippen LogP contribution in [-0.4, -0.2) is 26.3 Å². The molecule has 3 nitrogen and oxygen atoms in total. The smallest absolute Gasteiger partial charge is 0.0683 e. The predicted octanol–water partition coefficient (Wildman–Crippen LogP) is 2.97. The number of nitriles is 1. The Kier molecular flexibility index (Phi) is 9.11. The minimum absolute atomic E-state index is 0.185. The molecule has 3 heteroatoms. The maximum atomic E-state index is 8.85. The zero-order valence-corrected chi connectivity index (χ0v) is 11.9. The van der Waals surface area contributed by atoms with E-state index in [1.165, 1.54) is 0 Å². The van der Waals surface area contributed by atoms with Crippen LogP contribution in [0.2, 0.25) is 0 Å². The lowest BCUT2D eigenvalue weighted by Crippen LogP contribution is -2.22. The highest BCUT2D eigenvalue weighted by atomic mass is 16.5. The summed E-state index contributed by atoms with van der Waals surface area (Å²) < 4.78 is 5.50. The monoisotopic (exact) mass is 240 g/mol. The van der Waals surface area contributed by atoms with Crippen molar-refractivity contribution in [2.45, 2.75) is 47.0 Å². The number of hydrogen-bond donors (Lipinski definition) is 1. The van der Waals surface area contributed by atoms with Gasteiger partial charge in [0, 0.05) is 13.2 Å². The first-order chi connectivity index (χ1) is 7.98. The number of hydrogen-bond acceptors (Lipinski definition) is 3. The van der Waals surface area contributed by atoms with Crippen LogP contribution in [0.1, 0.15) is 47.0 Å². The van der Waals surface area contributed by atoms with Crippen molar-refractivity contribution in [1.29, 1.82) is 5.26 Å². The second kappa shape index (κ2) is 9.44. The van der Waals surface area contributed by atoms with Crippen molar-refractivity contribution in [3.8, 4) is 6.07 Å². The molecule has 1 N–H and O–H groups in total. The van der Waals surface area contributed by atoms with Crippen molar-refractivity contribution in [3.05, 3.63) is 0 Å². The van der Waals surface area contributed by atoms with E-state index >= 15 is 0 Å². The lowest BCUT2D eigenvalue weighted by atomic mass is 9.90. The molecule has 0 saturated carbocycles. The molecular weight excluding hydrogens is 212 g/mol. The molecule has 100 valence electrons. The Morgan fingerprint density at radius 2 is 1.94 bits per heavy atom. The van der Waals surface area contributed by atoms with E-state index in [0.717, 1.165) is 51.5 Å². The molecule has 0 aromatic rings. The van der Waals surface area contributed by atoms with Crippen LogP contribution in [0.5, 0.6) is 0 Å². The van der Waals surface area contributed by atoms with Crippen LogP contribution in [0.25, 0.3) is 0 Å². The van der Waals surface area contributed by atoms with Gasteiger partial charge in [0.15, 0.2) is 0 Å². The zero-order chi connectivity index (χ0) is 13.1. The van der Waals surface area contributed by atoms with E-state index < -0.39 is 0 Å². The van der Waals surface area contributed by atoms with Gasteiger partial charge in [0.05, 0.1) is 18.1 Å². The Labute approximate surface area is 107 Å². The average Bonchev–Trinajstić information content (AvgIpc) is 2.26. The molecular formula is C14H28N2O. The summed E-state index contributed by atoms with van der Waals surface area (Å²) in [4.78, 5) is 0. The van der Waals surface area contributed by atoms with Gasteiger partial charge in [-0.25, -0.2) is 0 Å². The van der Waals surface area contributed by atoms with E-state index in [2.05, 4.69) is 25.2 Å². The molecule has 0 radical (unpaired) electrons. The second-order valence-corrected chi connectivity index (χ2v) is 5.64. The van der Waals surface area contributed by atoms with Crippen LogP contribution in [0.4, 0.5) is 0 Å². The van der Waals surface area contributed by atoms with Crippen molar-refractivity contribution in [1.82, 2.24) is 5.32 Å². The van der Waals surface area contributed by atoms with Gasteiger partial charge in [-0.15, -0.1) is 0 Å². The normalized spacial score (nSPS) is 11.8. The molecule has 0 rings (SSSR count). The van der Waals surface area contributed by atoms with Crippen LogP contribution in [0.3, 0.4) is 0 Å². The van der Waals surface area contributed by atoms with E-state index in [9.17, 15) is 0 Å². The Hall–Kier alpha value is -0.590. The third-order valence-corrected chi connectivity index (χ3v) is 2.72. The minimum Gasteiger partial charge on any atom is -0.380 e. The molecule has 0 aliphatic carbocycles. The summed E-state index contributed by atoms with van der Waals surface area (Å²) in [6.07, 6.45) is 3.13. The van der Waals surface area contributed by atoms with E-state index in [1.807, 2.05) is 13.8 Å². The summed E-state index contributed by atoms with van der Waals surface area (Å²) in [6, 6.07) is 2.32. The van der Waals surface area contributed by atoms with Crippen molar-refractivity contribution < 1.29 is 4.74 Å². The van der Waals surface area contributed by atoms with E-state index in [1.54, 1.807) is 0 Å². The van der Waals surface area contributed by atoms with Crippen molar-refractivity contribution in [3.63, 3.8) is 0 Å². The SMILES string of the molecule is CC(C)CCOCCNCCCC(C)(C)C#N. The largest absolute Gasteiger partial charge is 0.380 e. The van der Waals surface area contributed by atoms with Gasteiger partial charge < -0.3 is 10.1 Å². The highest BCUT2D eigenvalue weighted by molar-refractivity contribution is 4.91. The van der Waals surface area contributed by atoms with Gasteiger partial charge in [0.25, 0.3) is 0 Å². The van der Waals surface area contributed by atoms with E-state index in [-0.39, 0.29) is 5.41 Å². The fraction of sp³-hybridized carbons (Fsp3) is 0.929. The van der Waals surface area contributed by atoms with Crippen molar-refractivity contribution in [2.24, 2.45) is 11.3 Å². The van der Waals surface area contributed by atoms with Crippen LogP contribution in [0.15, 0.2) is 0 Å². The molecule has 0 spiro atoms. The maximum absolute atomic E-state index is 8.85. The lowest BCUT2D eigenvalue weighted by Gasteiger charge is -2.14. The molecule has 0 amide bonds. The van der Waals surface area contributed by atoms with Crippen molar-refractivity contribution >= 4 is 0 Å². The third kappa shape index (κ3) is 11.7. The van der Waals surface area contributed by atoms with Gasteiger partial charge in [-0.05, 0) is 45.6 Å². The van der Waals surface area contributed by atoms with Crippen molar-refractivity contribution in [2.75, 3.05) is 26.3 Å². The summed E-state index contributed by atoms with van der Waals surface area (Å²) in [7, 11) is 0. The molecule has 0 aromatic carbocycles. The number of ether oxygens (including phenoxy) is 1. The van der Waals surface area contributed by atoms with Gasteiger partial charge in [-0.1, -0.05) is 13.8 Å². The Morgan fingerprint density at radius 1 is 1.24 bits per heavy atom. The lowest BCUT2D eigenvalue weighted by molar-refractivity contribution is 0.125. The predicted molar refractivity (Wildman–Crippen MR) is 71.8 cm³/mol. The van der Waals surface area contributed by atoms with E-state index in [0.29, 0.717) is 0 Å². The van der Waals surface area contributed by atoms with Crippen LogP contribution < -0.4 is 5.32 Å². The molecule has 0 fully saturated rings. The quantitative estimate of drug-likeness (QED) is 0.597. The first kappa shape index (κ1) is 16.4. The standard InChI is InChI=1S/C14H28N2O/c1-13(2)6-10-17-11-9-16-8-5-7-14(3,4)12-15/h13,16H,5-11H2,1-4H3. The first-order valence-electron chi connectivity index (χ1n) is 6.67. The first-order valence-corrected chi connectivity index (χ1v) is 6.67. The fourth-order valence-electron chi connectivity index (χ4n) is 1.40. The van der Waals surface area contributed by atoms with Crippen LogP contribution in [-0.2, 0) is 4.74 Å². The minimum atomic E-state index is -0.185. The average molecular weight is 240 g/mol. The van der Waals surface area contributed by atoms with E-state index in [4.69, 9.17) is 10.00 Å². The number of nitrogens with one attached hydrogen (secondary N) is 1.